The van der Waals surface area contributed by atoms with Gasteiger partial charge in [-0.05, 0) is 67.6 Å². The van der Waals surface area contributed by atoms with E-state index in [9.17, 15) is 14.4 Å². The fourth-order valence-corrected chi connectivity index (χ4v) is 3.43. The zero-order valence-electron chi connectivity index (χ0n) is 16.3. The molecule has 6 heteroatoms. The number of carbonyl (C=O) groups is 3. The molecule has 1 aliphatic heterocycles. The van der Waals surface area contributed by atoms with Crippen LogP contribution in [0.25, 0.3) is 0 Å². The van der Waals surface area contributed by atoms with Crippen molar-refractivity contribution in [3.63, 3.8) is 0 Å². The Bertz CT molecular complexity index is 902. The summed E-state index contributed by atoms with van der Waals surface area (Å²) in [5, 5.41) is 5.85. The lowest BCUT2D eigenvalue weighted by Gasteiger charge is -2.26. The summed E-state index contributed by atoms with van der Waals surface area (Å²) in [4.78, 5) is 38.2. The van der Waals surface area contributed by atoms with Crippen molar-refractivity contribution in [2.75, 3.05) is 11.4 Å². The Hall–Kier alpha value is -3.15. The second kappa shape index (κ2) is 8.47. The van der Waals surface area contributed by atoms with Gasteiger partial charge in [-0.2, -0.15) is 0 Å². The molecule has 2 N–H and O–H groups in total. The van der Waals surface area contributed by atoms with E-state index in [0.717, 1.165) is 43.5 Å². The number of benzene rings is 2. The van der Waals surface area contributed by atoms with E-state index in [4.69, 9.17) is 0 Å². The summed E-state index contributed by atoms with van der Waals surface area (Å²) >= 11 is 0. The van der Waals surface area contributed by atoms with E-state index in [-0.39, 0.29) is 17.7 Å². The van der Waals surface area contributed by atoms with Crippen LogP contribution >= 0.6 is 0 Å². The van der Waals surface area contributed by atoms with Crippen molar-refractivity contribution in [2.24, 2.45) is 0 Å². The fraction of sp³-hybridized carbons (Fsp3) is 0.348. The molecule has 0 spiro atoms. The van der Waals surface area contributed by atoms with E-state index in [1.807, 2.05) is 24.3 Å². The molecule has 0 radical (unpaired) electrons. The Balaban J connectivity index is 1.31. The van der Waals surface area contributed by atoms with Crippen molar-refractivity contribution in [1.82, 2.24) is 10.6 Å². The first-order chi connectivity index (χ1) is 14.1. The van der Waals surface area contributed by atoms with Gasteiger partial charge in [-0.25, -0.2) is 0 Å². The van der Waals surface area contributed by atoms with Gasteiger partial charge in [0.1, 0.15) is 0 Å². The Labute approximate surface area is 170 Å². The molecule has 1 saturated carbocycles. The van der Waals surface area contributed by atoms with Crippen LogP contribution in [-0.4, -0.2) is 30.3 Å². The number of anilines is 1. The zero-order chi connectivity index (χ0) is 20.2. The van der Waals surface area contributed by atoms with Gasteiger partial charge in [-0.1, -0.05) is 12.1 Å². The van der Waals surface area contributed by atoms with E-state index >= 15 is 0 Å². The van der Waals surface area contributed by atoms with E-state index in [0.29, 0.717) is 30.1 Å². The lowest BCUT2D eigenvalue weighted by atomic mass is 10.1. The predicted octanol–water partition coefficient (Wildman–Crippen LogP) is 3.03. The Morgan fingerprint density at radius 2 is 1.55 bits per heavy atom. The molecule has 3 amide bonds. The number of piperidine rings is 1. The van der Waals surface area contributed by atoms with Crippen LogP contribution in [0.15, 0.2) is 48.5 Å². The number of carbonyl (C=O) groups excluding carboxylic acids is 3. The maximum absolute atomic E-state index is 12.4. The second-order valence-corrected chi connectivity index (χ2v) is 7.68. The van der Waals surface area contributed by atoms with Gasteiger partial charge in [-0.15, -0.1) is 0 Å². The first kappa shape index (κ1) is 19.2. The highest BCUT2D eigenvalue weighted by Gasteiger charge is 2.23. The largest absolute Gasteiger partial charge is 0.349 e. The van der Waals surface area contributed by atoms with Gasteiger partial charge in [0.2, 0.25) is 5.91 Å². The third kappa shape index (κ3) is 4.83. The highest BCUT2D eigenvalue weighted by atomic mass is 16.2. The van der Waals surface area contributed by atoms with Crippen molar-refractivity contribution in [2.45, 2.75) is 44.7 Å². The molecule has 1 saturated heterocycles. The molecule has 2 aromatic rings. The first-order valence-electron chi connectivity index (χ1n) is 10.2. The summed E-state index contributed by atoms with van der Waals surface area (Å²) in [7, 11) is 0. The maximum Gasteiger partial charge on any atom is 0.251 e. The lowest BCUT2D eigenvalue weighted by Crippen LogP contribution is -2.35. The van der Waals surface area contributed by atoms with Crippen LogP contribution in [-0.2, 0) is 11.3 Å². The number of nitrogens with one attached hydrogen (secondary N) is 2. The molecule has 1 aliphatic carbocycles. The average molecular weight is 391 g/mol. The topological polar surface area (TPSA) is 78.5 Å². The SMILES string of the molecule is O=C(NCc1ccc(C(=O)NC2CC2)cc1)c1ccc(N2CCCCC2=O)cc1. The van der Waals surface area contributed by atoms with Gasteiger partial charge in [0.25, 0.3) is 11.8 Å². The normalized spacial score (nSPS) is 16.4. The van der Waals surface area contributed by atoms with Crippen LogP contribution < -0.4 is 15.5 Å². The molecular formula is C23H25N3O3. The molecule has 1 heterocycles. The van der Waals surface area contributed by atoms with Crippen LogP contribution in [0.4, 0.5) is 5.69 Å². The maximum atomic E-state index is 12.4. The summed E-state index contributed by atoms with van der Waals surface area (Å²) in [6, 6.07) is 14.8. The van der Waals surface area contributed by atoms with Crippen molar-refractivity contribution in [1.29, 1.82) is 0 Å². The molecule has 2 aliphatic rings. The van der Waals surface area contributed by atoms with E-state index in [2.05, 4.69) is 10.6 Å². The van der Waals surface area contributed by atoms with Gasteiger partial charge in [0.05, 0.1) is 0 Å². The fourth-order valence-electron chi connectivity index (χ4n) is 3.43. The van der Waals surface area contributed by atoms with E-state index in [1.54, 1.807) is 29.2 Å². The van der Waals surface area contributed by atoms with Crippen molar-refractivity contribution >= 4 is 23.4 Å². The molecule has 0 aromatic heterocycles. The van der Waals surface area contributed by atoms with Crippen LogP contribution in [0.2, 0.25) is 0 Å². The molecule has 2 aromatic carbocycles. The van der Waals surface area contributed by atoms with Crippen LogP contribution in [0.3, 0.4) is 0 Å². The monoisotopic (exact) mass is 391 g/mol. The Morgan fingerprint density at radius 1 is 0.897 bits per heavy atom. The Kier molecular flexibility index (Phi) is 5.60. The number of nitrogens with zero attached hydrogens (tertiary/aromatic N) is 1. The molecule has 0 atom stereocenters. The van der Waals surface area contributed by atoms with Crippen LogP contribution in [0.5, 0.6) is 0 Å². The third-order valence-corrected chi connectivity index (χ3v) is 5.35. The first-order valence-corrected chi connectivity index (χ1v) is 10.2. The average Bonchev–Trinajstić information content (AvgIpc) is 3.57. The standard InChI is InChI=1S/C23H25N3O3/c27-21-3-1-2-14-26(21)20-12-8-17(9-13-20)22(28)24-15-16-4-6-18(7-5-16)23(29)25-19-10-11-19/h4-9,12-13,19H,1-3,10-11,14-15H2,(H,24,28)(H,25,29). The quantitative estimate of drug-likeness (QED) is 0.795. The summed E-state index contributed by atoms with van der Waals surface area (Å²) in [6.07, 6.45) is 4.66. The molecule has 0 unspecified atom stereocenters. The molecule has 150 valence electrons. The number of hydrogen-bond acceptors (Lipinski definition) is 3. The van der Waals surface area contributed by atoms with Crippen molar-refractivity contribution in [3.05, 3.63) is 65.2 Å². The van der Waals surface area contributed by atoms with E-state index in [1.165, 1.54) is 0 Å². The number of hydrogen-bond donors (Lipinski definition) is 2. The van der Waals surface area contributed by atoms with Crippen LogP contribution in [0.1, 0.15) is 58.4 Å². The van der Waals surface area contributed by atoms with Crippen LogP contribution in [0, 0.1) is 0 Å². The molecular weight excluding hydrogens is 366 g/mol. The molecule has 4 rings (SSSR count). The summed E-state index contributed by atoms with van der Waals surface area (Å²) < 4.78 is 0. The minimum atomic E-state index is -0.169. The van der Waals surface area contributed by atoms with Crippen molar-refractivity contribution < 1.29 is 14.4 Å². The molecule has 6 nitrogen and oxygen atoms in total. The van der Waals surface area contributed by atoms with Gasteiger partial charge in [0, 0.05) is 42.4 Å². The van der Waals surface area contributed by atoms with Gasteiger partial charge in [-0.3, -0.25) is 14.4 Å². The molecule has 0 bridgehead atoms. The summed E-state index contributed by atoms with van der Waals surface area (Å²) in [5.74, 6) is -0.0739. The summed E-state index contributed by atoms with van der Waals surface area (Å²) in [6.45, 7) is 1.12. The smallest absolute Gasteiger partial charge is 0.251 e. The summed E-state index contributed by atoms with van der Waals surface area (Å²) in [5.41, 5.74) is 2.96. The number of amides is 3. The highest BCUT2D eigenvalue weighted by molar-refractivity contribution is 5.97. The number of rotatable bonds is 6. The highest BCUT2D eigenvalue weighted by Crippen LogP contribution is 2.21. The van der Waals surface area contributed by atoms with Gasteiger partial charge < -0.3 is 15.5 Å². The minimum Gasteiger partial charge on any atom is -0.349 e. The Morgan fingerprint density at radius 3 is 2.21 bits per heavy atom. The third-order valence-electron chi connectivity index (χ3n) is 5.35. The van der Waals surface area contributed by atoms with E-state index < -0.39 is 0 Å². The van der Waals surface area contributed by atoms with Gasteiger partial charge >= 0.3 is 0 Å². The molecule has 2 fully saturated rings. The predicted molar refractivity (Wildman–Crippen MR) is 111 cm³/mol. The second-order valence-electron chi connectivity index (χ2n) is 7.68. The van der Waals surface area contributed by atoms with Gasteiger partial charge in [0.15, 0.2) is 0 Å². The zero-order valence-corrected chi connectivity index (χ0v) is 16.3. The van der Waals surface area contributed by atoms with Crippen molar-refractivity contribution in [3.8, 4) is 0 Å². The molecule has 29 heavy (non-hydrogen) atoms. The minimum absolute atomic E-state index is 0.0460. The lowest BCUT2D eigenvalue weighted by molar-refractivity contribution is -0.119.